The van der Waals surface area contributed by atoms with E-state index in [4.69, 9.17) is 5.73 Å². The fraction of sp³-hybridized carbons (Fsp3) is 0.333. The van der Waals surface area contributed by atoms with Crippen LogP contribution in [-0.4, -0.2) is 11.0 Å². The van der Waals surface area contributed by atoms with E-state index >= 15 is 0 Å². The maximum atomic E-state index is 13.1. The Morgan fingerprint density at radius 2 is 2.13 bits per heavy atom. The third kappa shape index (κ3) is 2.69. The minimum Gasteiger partial charge on any atom is -0.328 e. The SMILES string of the molecule is CC(N)Cc1cc(F)cc(F)c1[N+](=O)[O-]. The molecule has 1 aromatic rings. The van der Waals surface area contributed by atoms with Gasteiger partial charge in [-0.05, 0) is 19.4 Å². The highest BCUT2D eigenvalue weighted by atomic mass is 19.1. The van der Waals surface area contributed by atoms with E-state index in [0.717, 1.165) is 6.07 Å². The quantitative estimate of drug-likeness (QED) is 0.618. The van der Waals surface area contributed by atoms with Gasteiger partial charge in [-0.1, -0.05) is 0 Å². The molecule has 0 aromatic heterocycles. The summed E-state index contributed by atoms with van der Waals surface area (Å²) in [5.74, 6) is -2.01. The first-order valence-corrected chi connectivity index (χ1v) is 4.29. The number of nitrogens with zero attached hydrogens (tertiary/aromatic N) is 1. The molecule has 0 spiro atoms. The number of hydrogen-bond acceptors (Lipinski definition) is 3. The Bertz CT molecular complexity index is 394. The summed E-state index contributed by atoms with van der Waals surface area (Å²) in [6, 6.07) is 1.03. The fourth-order valence-corrected chi connectivity index (χ4v) is 1.33. The van der Waals surface area contributed by atoms with Gasteiger partial charge in [0.15, 0.2) is 0 Å². The number of halogens is 2. The molecule has 2 N–H and O–H groups in total. The average Bonchev–Trinajstić information content (AvgIpc) is 1.99. The number of benzene rings is 1. The molecule has 0 fully saturated rings. The van der Waals surface area contributed by atoms with Crippen LogP contribution < -0.4 is 5.73 Å². The van der Waals surface area contributed by atoms with Crippen molar-refractivity contribution in [1.82, 2.24) is 0 Å². The van der Waals surface area contributed by atoms with Crippen LogP contribution in [0.5, 0.6) is 0 Å². The van der Waals surface area contributed by atoms with Gasteiger partial charge in [-0.3, -0.25) is 10.1 Å². The van der Waals surface area contributed by atoms with Crippen LogP contribution in [0.25, 0.3) is 0 Å². The molecule has 0 bridgehead atoms. The summed E-state index contributed by atoms with van der Waals surface area (Å²) in [6.07, 6.45) is 0.0605. The predicted molar refractivity (Wildman–Crippen MR) is 50.4 cm³/mol. The Morgan fingerprint density at radius 3 is 2.60 bits per heavy atom. The number of nitro benzene ring substituents is 1. The summed E-state index contributed by atoms with van der Waals surface area (Å²) in [7, 11) is 0. The van der Waals surface area contributed by atoms with Crippen LogP contribution >= 0.6 is 0 Å². The normalized spacial score (nSPS) is 12.5. The molecule has 0 saturated carbocycles. The zero-order valence-corrected chi connectivity index (χ0v) is 8.04. The standard InChI is InChI=1S/C9H10F2N2O2/c1-5(12)2-6-3-7(10)4-8(11)9(6)13(14)15/h3-5H,2,12H2,1H3. The highest BCUT2D eigenvalue weighted by Gasteiger charge is 2.22. The Labute approximate surface area is 84.9 Å². The van der Waals surface area contributed by atoms with Gasteiger partial charge in [0.1, 0.15) is 5.82 Å². The fourth-order valence-electron chi connectivity index (χ4n) is 1.33. The first kappa shape index (κ1) is 11.5. The summed E-state index contributed by atoms with van der Waals surface area (Å²) < 4.78 is 25.9. The molecule has 1 rings (SSSR count). The molecule has 1 atom stereocenters. The lowest BCUT2D eigenvalue weighted by Gasteiger charge is -2.06. The molecule has 0 aliphatic carbocycles. The minimum atomic E-state index is -1.17. The van der Waals surface area contributed by atoms with Crippen molar-refractivity contribution in [3.8, 4) is 0 Å². The van der Waals surface area contributed by atoms with Gasteiger partial charge >= 0.3 is 5.69 Å². The van der Waals surface area contributed by atoms with E-state index < -0.39 is 28.3 Å². The Kier molecular flexibility index (Phi) is 3.31. The minimum absolute atomic E-state index is 0.0208. The van der Waals surface area contributed by atoms with Crippen LogP contribution in [0.1, 0.15) is 12.5 Å². The second-order valence-electron chi connectivity index (χ2n) is 3.33. The van der Waals surface area contributed by atoms with Crippen molar-refractivity contribution in [2.24, 2.45) is 5.73 Å². The summed E-state index contributed by atoms with van der Waals surface area (Å²) >= 11 is 0. The van der Waals surface area contributed by atoms with Crippen LogP contribution in [0.2, 0.25) is 0 Å². The maximum Gasteiger partial charge on any atom is 0.308 e. The van der Waals surface area contributed by atoms with Crippen LogP contribution in [-0.2, 0) is 6.42 Å². The van der Waals surface area contributed by atoms with Crippen LogP contribution in [0.3, 0.4) is 0 Å². The molecule has 4 nitrogen and oxygen atoms in total. The van der Waals surface area contributed by atoms with Crippen LogP contribution in [0, 0.1) is 21.7 Å². The zero-order valence-electron chi connectivity index (χ0n) is 8.04. The van der Waals surface area contributed by atoms with Gasteiger partial charge in [0, 0.05) is 17.7 Å². The smallest absolute Gasteiger partial charge is 0.308 e. The summed E-state index contributed by atoms with van der Waals surface area (Å²) in [4.78, 5) is 9.67. The van der Waals surface area contributed by atoms with Gasteiger partial charge in [-0.2, -0.15) is 4.39 Å². The molecule has 1 unspecified atom stereocenters. The molecule has 0 heterocycles. The molecule has 0 aliphatic heterocycles. The highest BCUT2D eigenvalue weighted by molar-refractivity contribution is 5.42. The van der Waals surface area contributed by atoms with Crippen LogP contribution in [0.15, 0.2) is 12.1 Å². The van der Waals surface area contributed by atoms with E-state index in [1.807, 2.05) is 0 Å². The number of rotatable bonds is 3. The van der Waals surface area contributed by atoms with E-state index in [1.54, 1.807) is 6.92 Å². The monoisotopic (exact) mass is 216 g/mol. The lowest BCUT2D eigenvalue weighted by Crippen LogP contribution is -2.19. The molecule has 0 aliphatic rings. The predicted octanol–water partition coefficient (Wildman–Crippen LogP) is 1.76. The maximum absolute atomic E-state index is 13.1. The van der Waals surface area contributed by atoms with Gasteiger partial charge < -0.3 is 5.73 Å². The van der Waals surface area contributed by atoms with Crippen molar-refractivity contribution >= 4 is 5.69 Å². The van der Waals surface area contributed by atoms with Crippen LogP contribution in [0.4, 0.5) is 14.5 Å². The highest BCUT2D eigenvalue weighted by Crippen LogP contribution is 2.24. The summed E-state index contributed by atoms with van der Waals surface area (Å²) in [5, 5.41) is 10.5. The summed E-state index contributed by atoms with van der Waals surface area (Å²) in [6.45, 7) is 1.60. The van der Waals surface area contributed by atoms with E-state index in [2.05, 4.69) is 0 Å². The van der Waals surface area contributed by atoms with Crippen molar-refractivity contribution in [1.29, 1.82) is 0 Å². The first-order chi connectivity index (χ1) is 6.91. The van der Waals surface area contributed by atoms with E-state index in [0.29, 0.717) is 6.07 Å². The van der Waals surface area contributed by atoms with Gasteiger partial charge in [-0.15, -0.1) is 0 Å². The molecule has 15 heavy (non-hydrogen) atoms. The third-order valence-corrected chi connectivity index (χ3v) is 1.83. The lowest BCUT2D eigenvalue weighted by atomic mass is 10.1. The van der Waals surface area contributed by atoms with Gasteiger partial charge in [0.25, 0.3) is 0 Å². The average molecular weight is 216 g/mol. The van der Waals surface area contributed by atoms with Crippen molar-refractivity contribution in [2.75, 3.05) is 0 Å². The van der Waals surface area contributed by atoms with Crippen molar-refractivity contribution in [3.63, 3.8) is 0 Å². The molecular formula is C9H10F2N2O2. The van der Waals surface area contributed by atoms with Crippen molar-refractivity contribution in [2.45, 2.75) is 19.4 Å². The second-order valence-corrected chi connectivity index (χ2v) is 3.33. The lowest BCUT2D eigenvalue weighted by molar-refractivity contribution is -0.388. The molecule has 82 valence electrons. The Morgan fingerprint density at radius 1 is 1.53 bits per heavy atom. The van der Waals surface area contributed by atoms with Gasteiger partial charge in [0.2, 0.25) is 5.82 Å². The molecule has 1 aromatic carbocycles. The number of nitrogens with two attached hydrogens (primary N) is 1. The number of hydrogen-bond donors (Lipinski definition) is 1. The van der Waals surface area contributed by atoms with Gasteiger partial charge in [0.05, 0.1) is 4.92 Å². The summed E-state index contributed by atoms with van der Waals surface area (Å²) in [5.41, 5.74) is 4.71. The van der Waals surface area contributed by atoms with Crippen molar-refractivity contribution in [3.05, 3.63) is 39.4 Å². The topological polar surface area (TPSA) is 69.2 Å². The molecule has 0 amide bonds. The van der Waals surface area contributed by atoms with E-state index in [9.17, 15) is 18.9 Å². The van der Waals surface area contributed by atoms with Crippen molar-refractivity contribution < 1.29 is 13.7 Å². The zero-order chi connectivity index (χ0) is 11.6. The molecule has 6 heteroatoms. The molecule has 0 saturated heterocycles. The first-order valence-electron chi connectivity index (χ1n) is 4.29. The molecule has 0 radical (unpaired) electrons. The van der Waals surface area contributed by atoms with Gasteiger partial charge in [-0.25, -0.2) is 4.39 Å². The third-order valence-electron chi connectivity index (χ3n) is 1.83. The second kappa shape index (κ2) is 4.31. The van der Waals surface area contributed by atoms with E-state index in [1.165, 1.54) is 0 Å². The largest absolute Gasteiger partial charge is 0.328 e. The Hall–Kier alpha value is -1.56. The Balaban J connectivity index is 3.27. The van der Waals surface area contributed by atoms with E-state index in [-0.39, 0.29) is 12.0 Å². The molecular weight excluding hydrogens is 206 g/mol. The number of nitro groups is 1.